The predicted octanol–water partition coefficient (Wildman–Crippen LogP) is 5.13. The molecule has 0 radical (unpaired) electrons. The molecule has 4 nitrogen and oxygen atoms in total. The second kappa shape index (κ2) is 6.40. The van der Waals surface area contributed by atoms with Crippen molar-refractivity contribution in [3.05, 3.63) is 54.5 Å². The van der Waals surface area contributed by atoms with Gasteiger partial charge in [0.15, 0.2) is 0 Å². The molecule has 26 heavy (non-hydrogen) atoms. The quantitative estimate of drug-likeness (QED) is 0.502. The van der Waals surface area contributed by atoms with Crippen molar-refractivity contribution in [2.45, 2.75) is 42.4 Å². The molecule has 5 heteroatoms. The van der Waals surface area contributed by atoms with Crippen LogP contribution in [0, 0.1) is 0 Å². The molecule has 1 N–H and O–H groups in total. The van der Waals surface area contributed by atoms with Crippen LogP contribution in [0.5, 0.6) is 0 Å². The number of carboxylic acids is 1. The van der Waals surface area contributed by atoms with Crippen molar-refractivity contribution in [2.75, 3.05) is 0 Å². The van der Waals surface area contributed by atoms with Crippen LogP contribution in [0.4, 0.5) is 0 Å². The van der Waals surface area contributed by atoms with Crippen LogP contribution in [0.3, 0.4) is 0 Å². The average molecular weight is 364 g/mol. The molecule has 132 valence electrons. The van der Waals surface area contributed by atoms with E-state index in [9.17, 15) is 9.90 Å². The minimum atomic E-state index is -0.965. The highest BCUT2D eigenvalue weighted by Crippen LogP contribution is 2.46. The van der Waals surface area contributed by atoms with Gasteiger partial charge in [0, 0.05) is 11.8 Å². The van der Waals surface area contributed by atoms with Crippen LogP contribution in [-0.2, 0) is 4.79 Å². The molecule has 0 saturated heterocycles. The molecule has 0 aliphatic heterocycles. The van der Waals surface area contributed by atoms with Crippen LogP contribution < -0.4 is 0 Å². The summed E-state index contributed by atoms with van der Waals surface area (Å²) in [6.45, 7) is 3.39. The van der Waals surface area contributed by atoms with Crippen molar-refractivity contribution in [1.82, 2.24) is 9.97 Å². The highest BCUT2D eigenvalue weighted by molar-refractivity contribution is 8.01. The van der Waals surface area contributed by atoms with E-state index in [0.717, 1.165) is 11.1 Å². The topological polar surface area (TPSA) is 63.1 Å². The van der Waals surface area contributed by atoms with E-state index in [1.165, 1.54) is 47.3 Å². The number of hydrogen-bond acceptors (Lipinski definition) is 4. The van der Waals surface area contributed by atoms with Crippen LogP contribution >= 0.6 is 11.8 Å². The minimum absolute atomic E-state index is 0.667. The van der Waals surface area contributed by atoms with Crippen LogP contribution in [0.25, 0.3) is 21.9 Å². The molecule has 1 heterocycles. The van der Waals surface area contributed by atoms with Gasteiger partial charge in [-0.3, -0.25) is 4.79 Å². The van der Waals surface area contributed by atoms with E-state index in [0.29, 0.717) is 10.9 Å². The summed E-state index contributed by atoms with van der Waals surface area (Å²) in [5.74, 6) is -0.193. The Morgan fingerprint density at radius 2 is 1.85 bits per heavy atom. The molecule has 1 saturated carbocycles. The highest BCUT2D eigenvalue weighted by Gasteiger charge is 2.31. The van der Waals surface area contributed by atoms with Gasteiger partial charge in [0.05, 0.1) is 0 Å². The van der Waals surface area contributed by atoms with Gasteiger partial charge in [0.2, 0.25) is 0 Å². The lowest BCUT2D eigenvalue weighted by atomic mass is 9.94. The Morgan fingerprint density at radius 1 is 1.12 bits per heavy atom. The number of carboxylic acid groups (broad SMARTS) is 1. The predicted molar refractivity (Wildman–Crippen MR) is 105 cm³/mol. The smallest absolute Gasteiger partial charge is 0.319 e. The van der Waals surface area contributed by atoms with Gasteiger partial charge in [0.1, 0.15) is 16.1 Å². The minimum Gasteiger partial charge on any atom is -0.480 e. The first kappa shape index (κ1) is 17.0. The lowest BCUT2D eigenvalue weighted by Crippen LogP contribution is -2.27. The summed E-state index contributed by atoms with van der Waals surface area (Å²) >= 11 is 1.26. The van der Waals surface area contributed by atoms with Crippen LogP contribution in [0.15, 0.2) is 53.9 Å². The second-order valence-electron chi connectivity index (χ2n) is 7.18. The van der Waals surface area contributed by atoms with Gasteiger partial charge < -0.3 is 5.11 Å². The number of fused-ring (bicyclic) bond motifs is 1. The Balaban J connectivity index is 1.87. The molecular weight excluding hydrogens is 344 g/mol. The van der Waals surface area contributed by atoms with E-state index < -0.39 is 10.7 Å². The zero-order chi connectivity index (χ0) is 18.3. The second-order valence-corrected chi connectivity index (χ2v) is 8.79. The molecular formula is C21H20N2O2S. The summed E-state index contributed by atoms with van der Waals surface area (Å²) in [4.78, 5) is 20.1. The third-order valence-electron chi connectivity index (χ3n) is 4.81. The van der Waals surface area contributed by atoms with Crippen molar-refractivity contribution in [1.29, 1.82) is 0 Å². The molecule has 2 aromatic carbocycles. The van der Waals surface area contributed by atoms with Gasteiger partial charge in [-0.15, -0.1) is 0 Å². The maximum Gasteiger partial charge on any atom is 0.319 e. The molecule has 4 rings (SSSR count). The van der Waals surface area contributed by atoms with Gasteiger partial charge in [-0.25, -0.2) is 9.97 Å². The van der Waals surface area contributed by atoms with Crippen molar-refractivity contribution in [3.8, 4) is 11.1 Å². The van der Waals surface area contributed by atoms with E-state index in [1.807, 2.05) is 6.07 Å². The summed E-state index contributed by atoms with van der Waals surface area (Å²) in [6, 6.07) is 12.7. The Kier molecular flexibility index (Phi) is 4.19. The van der Waals surface area contributed by atoms with E-state index in [2.05, 4.69) is 40.3 Å². The van der Waals surface area contributed by atoms with E-state index in [1.54, 1.807) is 20.0 Å². The van der Waals surface area contributed by atoms with Crippen molar-refractivity contribution < 1.29 is 9.90 Å². The first-order chi connectivity index (χ1) is 12.5. The SMILES string of the molecule is CC(C)(Sc1ncncc1-c1ccc(C2CC2)c2ccccc12)C(=O)O. The summed E-state index contributed by atoms with van der Waals surface area (Å²) < 4.78 is -0.965. The van der Waals surface area contributed by atoms with Gasteiger partial charge in [-0.2, -0.15) is 0 Å². The normalized spacial score (nSPS) is 14.5. The maximum atomic E-state index is 11.5. The van der Waals surface area contributed by atoms with Crippen molar-refractivity contribution >= 4 is 28.5 Å². The zero-order valence-electron chi connectivity index (χ0n) is 14.8. The van der Waals surface area contributed by atoms with Crippen molar-refractivity contribution in [3.63, 3.8) is 0 Å². The molecule has 0 spiro atoms. The zero-order valence-corrected chi connectivity index (χ0v) is 15.6. The summed E-state index contributed by atoms with van der Waals surface area (Å²) in [6.07, 6.45) is 5.77. The average Bonchev–Trinajstić information content (AvgIpc) is 3.46. The number of aromatic nitrogens is 2. The van der Waals surface area contributed by atoms with E-state index >= 15 is 0 Å². The number of benzene rings is 2. The molecule has 1 fully saturated rings. The van der Waals surface area contributed by atoms with Crippen LogP contribution in [0.2, 0.25) is 0 Å². The molecule has 0 bridgehead atoms. The van der Waals surface area contributed by atoms with Gasteiger partial charge in [0.25, 0.3) is 0 Å². The number of thioether (sulfide) groups is 1. The number of carbonyl (C=O) groups is 1. The standard InChI is InChI=1S/C21H20N2O2S/c1-21(2,20(24)25)26-19-18(11-22-12-23-19)17-10-9-14(13-7-8-13)15-5-3-4-6-16(15)17/h3-6,9-13H,7-8H2,1-2H3,(H,24,25). The van der Waals surface area contributed by atoms with Gasteiger partial charge in [-0.05, 0) is 54.5 Å². The maximum absolute atomic E-state index is 11.5. The van der Waals surface area contributed by atoms with Crippen LogP contribution in [0.1, 0.15) is 38.2 Å². The number of rotatable bonds is 5. The fourth-order valence-corrected chi connectivity index (χ4v) is 4.12. The fourth-order valence-electron chi connectivity index (χ4n) is 3.18. The first-order valence-electron chi connectivity index (χ1n) is 8.72. The van der Waals surface area contributed by atoms with Crippen LogP contribution in [-0.4, -0.2) is 25.8 Å². The Bertz CT molecular complexity index is 996. The molecule has 3 aromatic rings. The molecule has 0 atom stereocenters. The van der Waals surface area contributed by atoms with E-state index in [4.69, 9.17) is 0 Å². The number of nitrogens with zero attached hydrogens (tertiary/aromatic N) is 2. The number of aliphatic carboxylic acids is 1. The molecule has 1 aromatic heterocycles. The lowest BCUT2D eigenvalue weighted by molar-refractivity contribution is -0.138. The monoisotopic (exact) mass is 364 g/mol. The Hall–Kier alpha value is -2.40. The third kappa shape index (κ3) is 3.07. The lowest BCUT2D eigenvalue weighted by Gasteiger charge is -2.20. The fraction of sp³-hybridized carbons (Fsp3) is 0.286. The molecule has 1 aliphatic carbocycles. The highest BCUT2D eigenvalue weighted by atomic mass is 32.2. The summed E-state index contributed by atoms with van der Waals surface area (Å²) in [7, 11) is 0. The Labute approximate surface area is 156 Å². The van der Waals surface area contributed by atoms with Gasteiger partial charge >= 0.3 is 5.97 Å². The molecule has 1 aliphatic rings. The summed E-state index contributed by atoms with van der Waals surface area (Å²) in [5, 5.41) is 12.6. The molecule has 0 unspecified atom stereocenters. The first-order valence-corrected chi connectivity index (χ1v) is 9.53. The molecule has 0 amide bonds. The van der Waals surface area contributed by atoms with Crippen molar-refractivity contribution in [2.24, 2.45) is 0 Å². The summed E-state index contributed by atoms with van der Waals surface area (Å²) in [5.41, 5.74) is 3.33. The van der Waals surface area contributed by atoms with E-state index in [-0.39, 0.29) is 0 Å². The number of hydrogen-bond donors (Lipinski definition) is 1. The largest absolute Gasteiger partial charge is 0.480 e. The Morgan fingerprint density at radius 3 is 2.54 bits per heavy atom. The van der Waals surface area contributed by atoms with Gasteiger partial charge in [-0.1, -0.05) is 48.2 Å². The third-order valence-corrected chi connectivity index (χ3v) is 6.01.